The zero-order valence-corrected chi connectivity index (χ0v) is 12.6. The smallest absolute Gasteiger partial charge is 0.231 e. The van der Waals surface area contributed by atoms with E-state index >= 15 is 0 Å². The second-order valence-corrected chi connectivity index (χ2v) is 5.35. The van der Waals surface area contributed by atoms with Crippen LogP contribution in [0.4, 0.5) is 0 Å². The van der Waals surface area contributed by atoms with Crippen LogP contribution in [-0.2, 0) is 0 Å². The highest BCUT2D eigenvalue weighted by molar-refractivity contribution is 7.04. The quantitative estimate of drug-likeness (QED) is 0.739. The Morgan fingerprint density at radius 2 is 2.00 bits per heavy atom. The van der Waals surface area contributed by atoms with E-state index in [0.29, 0.717) is 17.2 Å². The molecule has 0 amide bonds. The first-order chi connectivity index (χ1) is 10.9. The molecule has 2 aromatic heterocycles. The largest absolute Gasteiger partial charge is 0.493 e. The van der Waals surface area contributed by atoms with Gasteiger partial charge >= 0.3 is 0 Å². The van der Waals surface area contributed by atoms with E-state index in [2.05, 4.69) is 9.36 Å². The summed E-state index contributed by atoms with van der Waals surface area (Å²) < 4.78 is 20.9. The molecule has 5 nitrogen and oxygen atoms in total. The van der Waals surface area contributed by atoms with E-state index in [9.17, 15) is 0 Å². The van der Waals surface area contributed by atoms with Crippen LogP contribution < -0.4 is 14.2 Å². The third kappa shape index (κ3) is 2.08. The summed E-state index contributed by atoms with van der Waals surface area (Å²) in [7, 11) is 1.62. The number of methoxy groups -OCH3 is 1. The molecule has 1 aliphatic heterocycles. The molecule has 0 aliphatic carbocycles. The Morgan fingerprint density at radius 3 is 2.82 bits per heavy atom. The normalized spacial score (nSPS) is 12.4. The van der Waals surface area contributed by atoms with Gasteiger partial charge < -0.3 is 14.2 Å². The number of hydrogen-bond donors (Lipinski definition) is 0. The number of pyridine rings is 1. The molecule has 0 saturated heterocycles. The SMILES string of the molecule is COc1cc(-c2nscc2-c2ccncc2)cc2c1OCO2. The highest BCUT2D eigenvalue weighted by Gasteiger charge is 2.22. The average Bonchev–Trinajstić information content (AvgIpc) is 3.23. The molecular weight excluding hydrogens is 300 g/mol. The molecule has 0 radical (unpaired) electrons. The van der Waals surface area contributed by atoms with Crippen LogP contribution in [0.15, 0.2) is 42.0 Å². The fourth-order valence-electron chi connectivity index (χ4n) is 2.45. The monoisotopic (exact) mass is 312 g/mol. The molecule has 1 aliphatic rings. The van der Waals surface area contributed by atoms with Crippen LogP contribution in [-0.4, -0.2) is 23.3 Å². The third-order valence-electron chi connectivity index (χ3n) is 3.49. The Balaban J connectivity index is 1.86. The van der Waals surface area contributed by atoms with Crippen LogP contribution in [0.2, 0.25) is 0 Å². The molecule has 6 heteroatoms. The Labute approximate surface area is 131 Å². The number of nitrogens with zero attached hydrogens (tertiary/aromatic N) is 2. The fraction of sp³-hybridized carbons (Fsp3) is 0.125. The molecule has 0 saturated carbocycles. The standard InChI is InChI=1S/C16H12N2O3S/c1-19-13-6-11(7-14-16(13)21-9-20-14)15-12(8-22-18-15)10-2-4-17-5-3-10/h2-8H,9H2,1H3. The van der Waals surface area contributed by atoms with Gasteiger partial charge in [0.2, 0.25) is 12.5 Å². The lowest BCUT2D eigenvalue weighted by Crippen LogP contribution is -1.93. The van der Waals surface area contributed by atoms with Gasteiger partial charge in [0.1, 0.15) is 0 Å². The van der Waals surface area contributed by atoms with Crippen molar-refractivity contribution < 1.29 is 14.2 Å². The van der Waals surface area contributed by atoms with Gasteiger partial charge in [0.25, 0.3) is 0 Å². The summed E-state index contributed by atoms with van der Waals surface area (Å²) in [6.07, 6.45) is 3.55. The molecule has 22 heavy (non-hydrogen) atoms. The number of hydrogen-bond acceptors (Lipinski definition) is 6. The van der Waals surface area contributed by atoms with Gasteiger partial charge in [0.15, 0.2) is 11.5 Å². The Hall–Kier alpha value is -2.60. The van der Waals surface area contributed by atoms with Gasteiger partial charge in [-0.25, -0.2) is 0 Å². The summed E-state index contributed by atoms with van der Waals surface area (Å²) in [4.78, 5) is 4.06. The first-order valence-electron chi connectivity index (χ1n) is 6.69. The van der Waals surface area contributed by atoms with E-state index in [1.54, 1.807) is 19.5 Å². The lowest BCUT2D eigenvalue weighted by atomic mass is 10.0. The predicted octanol–water partition coefficient (Wildman–Crippen LogP) is 3.61. The van der Waals surface area contributed by atoms with Crippen LogP contribution in [0.25, 0.3) is 22.4 Å². The van der Waals surface area contributed by atoms with Crippen LogP contribution in [0.5, 0.6) is 17.2 Å². The minimum atomic E-state index is 0.212. The Kier molecular flexibility index (Phi) is 3.16. The maximum absolute atomic E-state index is 5.49. The topological polar surface area (TPSA) is 53.5 Å². The maximum atomic E-state index is 5.49. The van der Waals surface area contributed by atoms with Crippen molar-refractivity contribution in [1.29, 1.82) is 0 Å². The van der Waals surface area contributed by atoms with Gasteiger partial charge in [-0.15, -0.1) is 0 Å². The van der Waals surface area contributed by atoms with E-state index in [0.717, 1.165) is 22.4 Å². The lowest BCUT2D eigenvalue weighted by molar-refractivity contribution is 0.171. The first-order valence-corrected chi connectivity index (χ1v) is 7.53. The van der Waals surface area contributed by atoms with Crippen molar-refractivity contribution in [3.05, 3.63) is 42.0 Å². The summed E-state index contributed by atoms with van der Waals surface area (Å²) in [5.41, 5.74) is 3.98. The molecule has 0 unspecified atom stereocenters. The molecule has 0 bridgehead atoms. The van der Waals surface area contributed by atoms with Gasteiger partial charge in [-0.05, 0) is 41.4 Å². The number of aromatic nitrogens is 2. The molecule has 0 fully saturated rings. The van der Waals surface area contributed by atoms with Crippen molar-refractivity contribution >= 4 is 11.5 Å². The molecule has 1 aromatic carbocycles. The minimum Gasteiger partial charge on any atom is -0.493 e. The zero-order valence-electron chi connectivity index (χ0n) is 11.8. The molecular formula is C16H12N2O3S. The summed E-state index contributed by atoms with van der Waals surface area (Å²) in [5.74, 6) is 1.98. The molecule has 3 heterocycles. The molecule has 0 N–H and O–H groups in total. The summed E-state index contributed by atoms with van der Waals surface area (Å²) in [6, 6.07) is 7.80. The average molecular weight is 312 g/mol. The highest BCUT2D eigenvalue weighted by Crippen LogP contribution is 2.45. The second kappa shape index (κ2) is 5.31. The van der Waals surface area contributed by atoms with Gasteiger partial charge in [-0.3, -0.25) is 4.98 Å². The summed E-state index contributed by atoms with van der Waals surface area (Å²) in [6.45, 7) is 0.212. The lowest BCUT2D eigenvalue weighted by Gasteiger charge is -2.08. The van der Waals surface area contributed by atoms with Crippen molar-refractivity contribution in [2.24, 2.45) is 0 Å². The van der Waals surface area contributed by atoms with E-state index in [-0.39, 0.29) is 6.79 Å². The van der Waals surface area contributed by atoms with Crippen molar-refractivity contribution in [2.75, 3.05) is 13.9 Å². The van der Waals surface area contributed by atoms with Crippen LogP contribution in [0.3, 0.4) is 0 Å². The van der Waals surface area contributed by atoms with Crippen LogP contribution in [0, 0.1) is 0 Å². The van der Waals surface area contributed by atoms with Crippen LogP contribution in [0.1, 0.15) is 0 Å². The Morgan fingerprint density at radius 1 is 1.14 bits per heavy atom. The fourth-order valence-corrected chi connectivity index (χ4v) is 3.16. The van der Waals surface area contributed by atoms with E-state index in [4.69, 9.17) is 14.2 Å². The number of benzene rings is 1. The van der Waals surface area contributed by atoms with Gasteiger partial charge in [0, 0.05) is 28.9 Å². The first kappa shape index (κ1) is 13.1. The molecule has 4 rings (SSSR count). The van der Waals surface area contributed by atoms with Crippen molar-refractivity contribution in [3.63, 3.8) is 0 Å². The van der Waals surface area contributed by atoms with Crippen molar-refractivity contribution in [3.8, 4) is 39.6 Å². The van der Waals surface area contributed by atoms with Crippen LogP contribution >= 0.6 is 11.5 Å². The highest BCUT2D eigenvalue weighted by atomic mass is 32.1. The van der Waals surface area contributed by atoms with E-state index in [1.807, 2.05) is 29.6 Å². The van der Waals surface area contributed by atoms with E-state index < -0.39 is 0 Å². The van der Waals surface area contributed by atoms with Crippen molar-refractivity contribution in [2.45, 2.75) is 0 Å². The summed E-state index contributed by atoms with van der Waals surface area (Å²) >= 11 is 1.42. The molecule has 3 aromatic rings. The number of ether oxygens (including phenoxy) is 3. The molecule has 0 atom stereocenters. The minimum absolute atomic E-state index is 0.212. The van der Waals surface area contributed by atoms with Crippen molar-refractivity contribution in [1.82, 2.24) is 9.36 Å². The maximum Gasteiger partial charge on any atom is 0.231 e. The van der Waals surface area contributed by atoms with Gasteiger partial charge in [-0.1, -0.05) is 0 Å². The van der Waals surface area contributed by atoms with E-state index in [1.165, 1.54) is 11.5 Å². The predicted molar refractivity (Wildman–Crippen MR) is 83.5 cm³/mol. The Bertz CT molecular complexity index is 818. The molecule has 0 spiro atoms. The second-order valence-electron chi connectivity index (χ2n) is 4.73. The number of rotatable bonds is 3. The number of fused-ring (bicyclic) bond motifs is 1. The molecule has 110 valence electrons. The zero-order chi connectivity index (χ0) is 14.9. The third-order valence-corrected chi connectivity index (χ3v) is 4.12. The van der Waals surface area contributed by atoms with Gasteiger partial charge in [-0.2, -0.15) is 4.37 Å². The summed E-state index contributed by atoms with van der Waals surface area (Å²) in [5, 5.41) is 2.03. The van der Waals surface area contributed by atoms with Gasteiger partial charge in [0.05, 0.1) is 12.8 Å².